The van der Waals surface area contributed by atoms with Crippen molar-refractivity contribution in [3.05, 3.63) is 52.6 Å². The Morgan fingerprint density at radius 1 is 1.07 bits per heavy atom. The monoisotopic (exact) mass is 432 g/mol. The van der Waals surface area contributed by atoms with E-state index < -0.39 is 11.9 Å². The maximum absolute atomic E-state index is 12.2. The summed E-state index contributed by atoms with van der Waals surface area (Å²) in [7, 11) is 1.53. The molecule has 0 fully saturated rings. The minimum atomic E-state index is -0.999. The van der Waals surface area contributed by atoms with Gasteiger partial charge in [-0.3, -0.25) is 0 Å². The summed E-state index contributed by atoms with van der Waals surface area (Å²) < 4.78 is 16.7. The van der Waals surface area contributed by atoms with Crippen molar-refractivity contribution in [2.45, 2.75) is 45.1 Å². The topological polar surface area (TPSA) is 82.1 Å². The number of aryl methyl sites for hydroxylation is 1. The fourth-order valence-electron chi connectivity index (χ4n) is 2.75. The molecule has 0 spiro atoms. The van der Waals surface area contributed by atoms with Gasteiger partial charge in [0.1, 0.15) is 5.75 Å². The van der Waals surface area contributed by atoms with Gasteiger partial charge in [0.2, 0.25) is 0 Å². The molecule has 0 atom stereocenters. The van der Waals surface area contributed by atoms with Crippen LogP contribution in [0.2, 0.25) is 0 Å². The second kappa shape index (κ2) is 9.89. The second-order valence-electron chi connectivity index (χ2n) is 7.68. The zero-order valence-corrected chi connectivity index (χ0v) is 19.0. The summed E-state index contributed by atoms with van der Waals surface area (Å²) >= 11 is 1.68. The van der Waals surface area contributed by atoms with Crippen molar-refractivity contribution in [3.8, 4) is 17.2 Å². The average molecular weight is 433 g/mol. The van der Waals surface area contributed by atoms with Crippen molar-refractivity contribution in [1.29, 1.82) is 0 Å². The predicted octanol–water partition coefficient (Wildman–Crippen LogP) is 5.70. The summed E-state index contributed by atoms with van der Waals surface area (Å²) in [5, 5.41) is 9.37. The number of carbonyl (C=O) groups excluding carboxylic acids is 1. The number of hydrogen-bond donors (Lipinski definition) is 1. The van der Waals surface area contributed by atoms with Gasteiger partial charge >= 0.3 is 11.9 Å². The Bertz CT molecular complexity index is 930. The van der Waals surface area contributed by atoms with Gasteiger partial charge < -0.3 is 19.3 Å². The molecular formula is C23H28O6S. The minimum Gasteiger partial charge on any atom is -0.493 e. The lowest BCUT2D eigenvalue weighted by molar-refractivity contribution is 0.0525. The lowest BCUT2D eigenvalue weighted by Crippen LogP contribution is -2.09. The molecular weight excluding hydrogens is 404 g/mol. The molecule has 0 saturated heterocycles. The number of rotatable bonds is 8. The third-order valence-electron chi connectivity index (χ3n) is 4.14. The van der Waals surface area contributed by atoms with Gasteiger partial charge in [0.25, 0.3) is 0 Å². The molecule has 0 bridgehead atoms. The van der Waals surface area contributed by atoms with Crippen molar-refractivity contribution in [1.82, 2.24) is 0 Å². The molecule has 0 saturated carbocycles. The Morgan fingerprint density at radius 2 is 1.77 bits per heavy atom. The Kier molecular flexibility index (Phi) is 7.78. The van der Waals surface area contributed by atoms with E-state index in [1.807, 2.05) is 6.92 Å². The first kappa shape index (κ1) is 23.6. The Hall–Kier alpha value is -2.67. The lowest BCUT2D eigenvalue weighted by Gasteiger charge is -2.20. The highest BCUT2D eigenvalue weighted by Gasteiger charge is 2.19. The summed E-state index contributed by atoms with van der Waals surface area (Å²) in [6, 6.07) is 8.01. The largest absolute Gasteiger partial charge is 0.493 e. The molecule has 0 heterocycles. The number of ether oxygens (including phenoxy) is 3. The first-order valence-corrected chi connectivity index (χ1v) is 10.6. The molecule has 2 rings (SSSR count). The molecule has 7 heteroatoms. The zero-order valence-electron chi connectivity index (χ0n) is 18.2. The molecule has 0 aliphatic carbocycles. The quantitative estimate of drug-likeness (QED) is 0.536. The minimum absolute atomic E-state index is 0.00535. The highest BCUT2D eigenvalue weighted by atomic mass is 32.2. The van der Waals surface area contributed by atoms with Crippen LogP contribution in [0.25, 0.3) is 0 Å². The smallest absolute Gasteiger partial charge is 0.338 e. The van der Waals surface area contributed by atoms with Crippen molar-refractivity contribution < 1.29 is 28.9 Å². The van der Waals surface area contributed by atoms with E-state index in [4.69, 9.17) is 14.2 Å². The zero-order chi connectivity index (χ0) is 22.5. The number of hydrogen-bond acceptors (Lipinski definition) is 6. The Balaban J connectivity index is 2.49. The van der Waals surface area contributed by atoms with Crippen LogP contribution in [-0.4, -0.2) is 35.5 Å². The van der Waals surface area contributed by atoms with E-state index in [9.17, 15) is 14.7 Å². The molecule has 0 aliphatic heterocycles. The average Bonchev–Trinajstić information content (AvgIpc) is 2.66. The summed E-state index contributed by atoms with van der Waals surface area (Å²) in [6.45, 7) is 10.1. The third kappa shape index (κ3) is 6.16. The standard InChI is InChI=1S/C23H28O6S/c1-7-28-22(26)16-10-14(2)20(27-6)19(12-16)29-18-9-8-15(21(24)25)11-17(18)13-30-23(3,4)5/h8-12H,7,13H2,1-6H3,(H,24,25). The van der Waals surface area contributed by atoms with Gasteiger partial charge in [0, 0.05) is 16.1 Å². The molecule has 162 valence electrons. The summed E-state index contributed by atoms with van der Waals surface area (Å²) in [5.74, 6) is 0.499. The van der Waals surface area contributed by atoms with Crippen LogP contribution in [0.5, 0.6) is 17.2 Å². The van der Waals surface area contributed by atoms with Crippen LogP contribution in [0.4, 0.5) is 0 Å². The lowest BCUT2D eigenvalue weighted by atomic mass is 10.1. The van der Waals surface area contributed by atoms with Gasteiger partial charge in [-0.15, -0.1) is 0 Å². The number of benzene rings is 2. The Labute approximate surface area is 181 Å². The van der Waals surface area contributed by atoms with Crippen LogP contribution in [-0.2, 0) is 10.5 Å². The van der Waals surface area contributed by atoms with E-state index >= 15 is 0 Å². The molecule has 0 amide bonds. The van der Waals surface area contributed by atoms with Gasteiger partial charge in [-0.2, -0.15) is 11.8 Å². The van der Waals surface area contributed by atoms with E-state index in [2.05, 4.69) is 20.8 Å². The van der Waals surface area contributed by atoms with Crippen LogP contribution < -0.4 is 9.47 Å². The number of methoxy groups -OCH3 is 1. The third-order valence-corrected chi connectivity index (χ3v) is 5.47. The van der Waals surface area contributed by atoms with Crippen molar-refractivity contribution >= 4 is 23.7 Å². The Morgan fingerprint density at radius 3 is 2.33 bits per heavy atom. The molecule has 0 aliphatic rings. The maximum atomic E-state index is 12.2. The summed E-state index contributed by atoms with van der Waals surface area (Å²) in [6.07, 6.45) is 0. The number of carbonyl (C=O) groups is 2. The molecule has 0 unspecified atom stereocenters. The molecule has 0 aromatic heterocycles. The maximum Gasteiger partial charge on any atom is 0.338 e. The first-order valence-electron chi connectivity index (χ1n) is 9.59. The summed E-state index contributed by atoms with van der Waals surface area (Å²) in [5.41, 5.74) is 2.02. The van der Waals surface area contributed by atoms with Crippen LogP contribution in [0, 0.1) is 6.92 Å². The van der Waals surface area contributed by atoms with Crippen LogP contribution >= 0.6 is 11.8 Å². The van der Waals surface area contributed by atoms with Crippen molar-refractivity contribution in [3.63, 3.8) is 0 Å². The number of esters is 1. The fraction of sp³-hybridized carbons (Fsp3) is 0.391. The molecule has 30 heavy (non-hydrogen) atoms. The highest BCUT2D eigenvalue weighted by Crippen LogP contribution is 2.39. The van der Waals surface area contributed by atoms with Crippen LogP contribution in [0.3, 0.4) is 0 Å². The molecule has 2 aromatic rings. The van der Waals surface area contributed by atoms with Gasteiger partial charge in [-0.05, 0) is 49.7 Å². The highest BCUT2D eigenvalue weighted by molar-refractivity contribution is 7.99. The van der Waals surface area contributed by atoms with E-state index in [-0.39, 0.29) is 16.9 Å². The molecule has 1 N–H and O–H groups in total. The second-order valence-corrected chi connectivity index (χ2v) is 9.48. The number of thioether (sulfide) groups is 1. The number of carboxylic acids is 1. The van der Waals surface area contributed by atoms with Gasteiger partial charge in [0.05, 0.1) is 24.8 Å². The normalized spacial score (nSPS) is 11.1. The van der Waals surface area contributed by atoms with E-state index in [0.717, 1.165) is 11.1 Å². The van der Waals surface area contributed by atoms with E-state index in [1.165, 1.54) is 13.2 Å². The summed E-state index contributed by atoms with van der Waals surface area (Å²) in [4.78, 5) is 23.6. The number of carboxylic acid groups (broad SMARTS) is 1. The van der Waals surface area contributed by atoms with Gasteiger partial charge in [-0.25, -0.2) is 9.59 Å². The van der Waals surface area contributed by atoms with Gasteiger partial charge in [-0.1, -0.05) is 20.8 Å². The SMILES string of the molecule is CCOC(=O)c1cc(C)c(OC)c(Oc2ccc(C(=O)O)cc2CSC(C)(C)C)c1. The number of aromatic carboxylic acids is 1. The predicted molar refractivity (Wildman–Crippen MR) is 118 cm³/mol. The fourth-order valence-corrected chi connectivity index (χ4v) is 3.56. The van der Waals surface area contributed by atoms with E-state index in [1.54, 1.807) is 43.0 Å². The van der Waals surface area contributed by atoms with Crippen LogP contribution in [0.15, 0.2) is 30.3 Å². The molecule has 2 aromatic carbocycles. The molecule has 6 nitrogen and oxygen atoms in total. The molecule has 0 radical (unpaired) electrons. The van der Waals surface area contributed by atoms with E-state index in [0.29, 0.717) is 28.6 Å². The van der Waals surface area contributed by atoms with Crippen molar-refractivity contribution in [2.24, 2.45) is 0 Å². The first-order chi connectivity index (χ1) is 14.1. The van der Waals surface area contributed by atoms with Crippen LogP contribution in [0.1, 0.15) is 59.5 Å². The van der Waals surface area contributed by atoms with Gasteiger partial charge in [0.15, 0.2) is 11.5 Å². The van der Waals surface area contributed by atoms with Crippen molar-refractivity contribution in [2.75, 3.05) is 13.7 Å².